The van der Waals surface area contributed by atoms with E-state index < -0.39 is 41.7 Å². The Balaban J connectivity index is 1.65. The first-order chi connectivity index (χ1) is 13.1. The largest absolute Gasteiger partial charge is 0.418 e. The maximum absolute atomic E-state index is 13.0. The number of benzene rings is 1. The number of halogens is 3. The molecule has 3 rings (SSSR count). The van der Waals surface area contributed by atoms with Crippen molar-refractivity contribution in [3.63, 3.8) is 0 Å². The molecule has 0 aromatic heterocycles. The van der Waals surface area contributed by atoms with Crippen molar-refractivity contribution >= 4 is 23.5 Å². The third kappa shape index (κ3) is 3.63. The van der Waals surface area contributed by atoms with Crippen LogP contribution in [0.3, 0.4) is 0 Å². The minimum absolute atomic E-state index is 0.0532. The lowest BCUT2D eigenvalue weighted by molar-refractivity contribution is -0.137. The van der Waals surface area contributed by atoms with E-state index in [1.54, 1.807) is 0 Å². The number of rotatable bonds is 4. The second-order valence-corrected chi connectivity index (χ2v) is 7.16. The predicted molar refractivity (Wildman–Crippen MR) is 93.8 cm³/mol. The number of para-hydroxylation sites is 1. The number of anilines is 1. The van der Waals surface area contributed by atoms with Crippen LogP contribution in [0.25, 0.3) is 0 Å². The van der Waals surface area contributed by atoms with Crippen molar-refractivity contribution in [3.05, 3.63) is 29.8 Å². The van der Waals surface area contributed by atoms with Gasteiger partial charge in [-0.15, -0.1) is 0 Å². The van der Waals surface area contributed by atoms with Crippen LogP contribution in [0, 0.1) is 5.92 Å². The van der Waals surface area contributed by atoms with Gasteiger partial charge < -0.3 is 5.32 Å². The molecular weight excluding hydrogens is 377 g/mol. The number of nitrogens with one attached hydrogen (secondary N) is 3. The van der Waals surface area contributed by atoms with E-state index >= 15 is 0 Å². The average molecular weight is 398 g/mol. The summed E-state index contributed by atoms with van der Waals surface area (Å²) in [6, 6.07) is 3.99. The minimum Gasteiger partial charge on any atom is -0.323 e. The SMILES string of the molecule is CC1CCCCC12NC(=O)N(CC(=O)NNc1ccccc1C(F)(F)F)C2=O. The van der Waals surface area contributed by atoms with Crippen LogP contribution in [0.4, 0.5) is 23.7 Å². The molecule has 1 aliphatic carbocycles. The molecule has 1 saturated carbocycles. The smallest absolute Gasteiger partial charge is 0.323 e. The summed E-state index contributed by atoms with van der Waals surface area (Å²) in [7, 11) is 0. The lowest BCUT2D eigenvalue weighted by Crippen LogP contribution is -2.54. The number of carbonyl (C=O) groups is 3. The molecule has 3 N–H and O–H groups in total. The van der Waals surface area contributed by atoms with Crippen molar-refractivity contribution in [1.82, 2.24) is 15.6 Å². The average Bonchev–Trinajstić information content (AvgIpc) is 2.87. The highest BCUT2D eigenvalue weighted by Gasteiger charge is 2.55. The summed E-state index contributed by atoms with van der Waals surface area (Å²) >= 11 is 0. The van der Waals surface area contributed by atoms with E-state index in [1.165, 1.54) is 12.1 Å². The molecule has 2 unspecified atom stereocenters. The highest BCUT2D eigenvalue weighted by molar-refractivity contribution is 6.09. The number of hydrogen-bond acceptors (Lipinski definition) is 4. The van der Waals surface area contributed by atoms with Gasteiger partial charge >= 0.3 is 12.2 Å². The first-order valence-electron chi connectivity index (χ1n) is 9.00. The van der Waals surface area contributed by atoms with Crippen molar-refractivity contribution in [2.24, 2.45) is 5.92 Å². The molecule has 0 radical (unpaired) electrons. The van der Waals surface area contributed by atoms with Gasteiger partial charge in [0.25, 0.3) is 11.8 Å². The number of hydrogen-bond donors (Lipinski definition) is 3. The van der Waals surface area contributed by atoms with Crippen LogP contribution in [-0.4, -0.2) is 34.8 Å². The Labute approximate surface area is 159 Å². The summed E-state index contributed by atoms with van der Waals surface area (Å²) in [5.74, 6) is -1.32. The molecule has 1 aromatic rings. The molecule has 7 nitrogen and oxygen atoms in total. The molecule has 1 spiro atoms. The van der Waals surface area contributed by atoms with Crippen LogP contribution < -0.4 is 16.2 Å². The third-order valence-corrected chi connectivity index (χ3v) is 5.37. The monoisotopic (exact) mass is 398 g/mol. The van der Waals surface area contributed by atoms with Gasteiger partial charge in [-0.3, -0.25) is 25.3 Å². The Morgan fingerprint density at radius 1 is 1.29 bits per heavy atom. The zero-order valence-corrected chi connectivity index (χ0v) is 15.2. The predicted octanol–water partition coefficient (Wildman–Crippen LogP) is 2.65. The molecule has 1 aromatic carbocycles. The topological polar surface area (TPSA) is 90.5 Å². The van der Waals surface area contributed by atoms with E-state index in [1.807, 2.05) is 6.92 Å². The maximum Gasteiger partial charge on any atom is 0.418 e. The molecule has 2 aliphatic rings. The van der Waals surface area contributed by atoms with Crippen LogP contribution in [0.2, 0.25) is 0 Å². The fourth-order valence-electron chi connectivity index (χ4n) is 3.80. The van der Waals surface area contributed by atoms with E-state index in [9.17, 15) is 27.6 Å². The molecular formula is C18H21F3N4O3. The molecule has 4 amide bonds. The lowest BCUT2D eigenvalue weighted by atomic mass is 9.73. The van der Waals surface area contributed by atoms with E-state index in [0.29, 0.717) is 6.42 Å². The van der Waals surface area contributed by atoms with Gasteiger partial charge in [-0.1, -0.05) is 31.9 Å². The van der Waals surface area contributed by atoms with Gasteiger partial charge in [0.05, 0.1) is 11.3 Å². The third-order valence-electron chi connectivity index (χ3n) is 5.37. The molecule has 152 valence electrons. The highest BCUT2D eigenvalue weighted by Crippen LogP contribution is 2.38. The number of nitrogens with zero attached hydrogens (tertiary/aromatic N) is 1. The number of carbonyl (C=O) groups excluding carboxylic acids is 3. The van der Waals surface area contributed by atoms with E-state index in [2.05, 4.69) is 16.2 Å². The van der Waals surface area contributed by atoms with Gasteiger partial charge in [-0.2, -0.15) is 13.2 Å². The van der Waals surface area contributed by atoms with E-state index in [0.717, 1.165) is 36.3 Å². The normalized spacial score (nSPS) is 25.0. The standard InChI is InChI=1S/C18H21F3N4O3/c1-11-6-4-5-9-17(11)15(27)25(16(28)22-17)10-14(26)24-23-13-8-3-2-7-12(13)18(19,20)21/h2-3,7-8,11,23H,4-6,9-10H2,1H3,(H,22,28)(H,24,26). The van der Waals surface area contributed by atoms with Gasteiger partial charge in [0, 0.05) is 0 Å². The van der Waals surface area contributed by atoms with Crippen LogP contribution in [0.15, 0.2) is 24.3 Å². The van der Waals surface area contributed by atoms with Crippen LogP contribution >= 0.6 is 0 Å². The molecule has 28 heavy (non-hydrogen) atoms. The molecule has 1 saturated heterocycles. The summed E-state index contributed by atoms with van der Waals surface area (Å²) < 4.78 is 39.0. The molecule has 1 aliphatic heterocycles. The van der Waals surface area contributed by atoms with Gasteiger partial charge in [0.15, 0.2) is 0 Å². The molecule has 1 heterocycles. The highest BCUT2D eigenvalue weighted by atomic mass is 19.4. The summed E-state index contributed by atoms with van der Waals surface area (Å²) in [6.07, 6.45) is -1.53. The van der Waals surface area contributed by atoms with Gasteiger partial charge in [0.1, 0.15) is 12.1 Å². The summed E-state index contributed by atoms with van der Waals surface area (Å²) in [4.78, 5) is 38.0. The minimum atomic E-state index is -4.59. The van der Waals surface area contributed by atoms with Crippen molar-refractivity contribution in [2.75, 3.05) is 12.0 Å². The zero-order chi connectivity index (χ0) is 20.5. The number of amides is 4. The Bertz CT molecular complexity index is 799. The van der Waals surface area contributed by atoms with E-state index in [-0.39, 0.29) is 11.6 Å². The quantitative estimate of drug-likeness (QED) is 0.537. The van der Waals surface area contributed by atoms with Crippen LogP contribution in [-0.2, 0) is 15.8 Å². The first-order valence-corrected chi connectivity index (χ1v) is 9.00. The molecule has 0 bridgehead atoms. The zero-order valence-electron chi connectivity index (χ0n) is 15.2. The maximum atomic E-state index is 13.0. The Kier molecular flexibility index (Phi) is 5.22. The molecule has 2 atom stereocenters. The Morgan fingerprint density at radius 3 is 2.68 bits per heavy atom. The van der Waals surface area contributed by atoms with Gasteiger partial charge in [-0.25, -0.2) is 4.79 Å². The summed E-state index contributed by atoms with van der Waals surface area (Å²) in [5, 5.41) is 2.72. The second-order valence-electron chi connectivity index (χ2n) is 7.16. The van der Waals surface area contributed by atoms with Crippen molar-refractivity contribution in [1.29, 1.82) is 0 Å². The number of urea groups is 1. The Morgan fingerprint density at radius 2 is 2.00 bits per heavy atom. The van der Waals surface area contributed by atoms with Crippen molar-refractivity contribution < 1.29 is 27.6 Å². The van der Waals surface area contributed by atoms with Crippen LogP contribution in [0.1, 0.15) is 38.2 Å². The molecule has 10 heteroatoms. The van der Waals surface area contributed by atoms with Crippen molar-refractivity contribution in [2.45, 2.75) is 44.3 Å². The van der Waals surface area contributed by atoms with Gasteiger partial charge in [0.2, 0.25) is 0 Å². The second kappa shape index (κ2) is 7.33. The van der Waals surface area contributed by atoms with E-state index in [4.69, 9.17) is 0 Å². The number of imide groups is 1. The number of hydrazine groups is 1. The fourth-order valence-corrected chi connectivity index (χ4v) is 3.80. The summed E-state index contributed by atoms with van der Waals surface area (Å²) in [5.41, 5.74) is 2.06. The number of alkyl halides is 3. The lowest BCUT2D eigenvalue weighted by Gasteiger charge is -2.36. The fraction of sp³-hybridized carbons (Fsp3) is 0.500. The van der Waals surface area contributed by atoms with Crippen LogP contribution in [0.5, 0.6) is 0 Å². The molecule has 2 fully saturated rings. The van der Waals surface area contributed by atoms with Gasteiger partial charge in [-0.05, 0) is 30.9 Å². The first kappa shape index (κ1) is 20.0. The summed E-state index contributed by atoms with van der Waals surface area (Å²) in [6.45, 7) is 1.30. The van der Waals surface area contributed by atoms with Crippen molar-refractivity contribution in [3.8, 4) is 0 Å². The Hall–Kier alpha value is -2.78.